The van der Waals surface area contributed by atoms with Crippen molar-refractivity contribution in [1.29, 1.82) is 0 Å². The van der Waals surface area contributed by atoms with E-state index in [1.165, 1.54) is 32.5 Å². The standard InChI is InChI=1S/C11H18N2O2/c14-11-12-10(7-15-11)5-9-6-13-3-1-8(9)2-4-13/h8-10H,1-7H2,(H,12,14). The summed E-state index contributed by atoms with van der Waals surface area (Å²) in [5, 5.41) is 2.88. The van der Waals surface area contributed by atoms with E-state index in [9.17, 15) is 4.79 Å². The minimum absolute atomic E-state index is 0.235. The highest BCUT2D eigenvalue weighted by molar-refractivity contribution is 5.69. The molecule has 4 aliphatic heterocycles. The predicted octanol–water partition coefficient (Wildman–Crippen LogP) is 0.827. The third kappa shape index (κ3) is 1.83. The highest BCUT2D eigenvalue weighted by atomic mass is 16.6. The van der Waals surface area contributed by atoms with Crippen LogP contribution in [-0.2, 0) is 4.74 Å². The van der Waals surface area contributed by atoms with Crippen molar-refractivity contribution < 1.29 is 9.53 Å². The summed E-state index contributed by atoms with van der Waals surface area (Å²) in [6, 6.07) is 0.267. The molecule has 1 N–H and O–H groups in total. The molecule has 4 nitrogen and oxygen atoms in total. The first-order valence-electron chi connectivity index (χ1n) is 5.97. The molecule has 4 heteroatoms. The van der Waals surface area contributed by atoms with E-state index in [1.807, 2.05) is 0 Å². The van der Waals surface area contributed by atoms with E-state index in [-0.39, 0.29) is 12.1 Å². The van der Waals surface area contributed by atoms with Crippen molar-refractivity contribution in [1.82, 2.24) is 10.2 Å². The van der Waals surface area contributed by atoms with Crippen molar-refractivity contribution in [2.75, 3.05) is 26.2 Å². The Morgan fingerprint density at radius 3 is 2.73 bits per heavy atom. The molecular formula is C11H18N2O2. The second kappa shape index (κ2) is 3.67. The fraction of sp³-hybridized carbons (Fsp3) is 0.909. The molecule has 84 valence electrons. The highest BCUT2D eigenvalue weighted by Gasteiger charge is 2.36. The van der Waals surface area contributed by atoms with Gasteiger partial charge in [0, 0.05) is 6.54 Å². The SMILES string of the molecule is O=C1NC(CC2CN3CCC2CC3)CO1. The van der Waals surface area contributed by atoms with Gasteiger partial charge in [-0.25, -0.2) is 4.79 Å². The van der Waals surface area contributed by atoms with Crippen molar-refractivity contribution in [3.63, 3.8) is 0 Å². The minimum atomic E-state index is -0.235. The summed E-state index contributed by atoms with van der Waals surface area (Å²) in [6.07, 6.45) is 3.58. The van der Waals surface area contributed by atoms with Crippen molar-refractivity contribution >= 4 is 6.09 Å². The Labute approximate surface area is 90.0 Å². The summed E-state index contributed by atoms with van der Waals surface area (Å²) in [4.78, 5) is 13.5. The van der Waals surface area contributed by atoms with Gasteiger partial charge in [-0.15, -0.1) is 0 Å². The smallest absolute Gasteiger partial charge is 0.407 e. The van der Waals surface area contributed by atoms with Crippen LogP contribution in [-0.4, -0.2) is 43.3 Å². The molecule has 0 aliphatic carbocycles. The molecule has 0 radical (unpaired) electrons. The van der Waals surface area contributed by atoms with Crippen LogP contribution in [0.5, 0.6) is 0 Å². The van der Waals surface area contributed by atoms with Crippen LogP contribution in [0.3, 0.4) is 0 Å². The van der Waals surface area contributed by atoms with Gasteiger partial charge in [-0.05, 0) is 44.2 Å². The van der Waals surface area contributed by atoms with E-state index < -0.39 is 0 Å². The average molecular weight is 210 g/mol. The Bertz CT molecular complexity index is 261. The summed E-state index contributed by atoms with van der Waals surface area (Å²) in [5.41, 5.74) is 0. The first-order chi connectivity index (χ1) is 7.31. The van der Waals surface area contributed by atoms with Gasteiger partial charge in [-0.1, -0.05) is 0 Å². The molecular weight excluding hydrogens is 192 g/mol. The number of fused-ring (bicyclic) bond motifs is 3. The third-order valence-electron chi connectivity index (χ3n) is 4.12. The number of nitrogens with zero attached hydrogens (tertiary/aromatic N) is 1. The average Bonchev–Trinajstić information content (AvgIpc) is 2.66. The van der Waals surface area contributed by atoms with Gasteiger partial charge in [-0.2, -0.15) is 0 Å². The maximum absolute atomic E-state index is 10.9. The Morgan fingerprint density at radius 1 is 1.40 bits per heavy atom. The number of carbonyl (C=O) groups is 1. The van der Waals surface area contributed by atoms with E-state index in [0.29, 0.717) is 6.61 Å². The Kier molecular flexibility index (Phi) is 2.31. The Morgan fingerprint density at radius 2 is 2.20 bits per heavy atom. The lowest BCUT2D eigenvalue weighted by molar-refractivity contribution is 0.0417. The minimum Gasteiger partial charge on any atom is -0.447 e. The second-order valence-electron chi connectivity index (χ2n) is 5.07. The first-order valence-corrected chi connectivity index (χ1v) is 5.97. The Hall–Kier alpha value is -0.770. The van der Waals surface area contributed by atoms with Crippen LogP contribution in [0.2, 0.25) is 0 Å². The number of piperidine rings is 3. The van der Waals surface area contributed by atoms with Crippen molar-refractivity contribution in [3.05, 3.63) is 0 Å². The van der Waals surface area contributed by atoms with Gasteiger partial charge in [0.25, 0.3) is 0 Å². The maximum Gasteiger partial charge on any atom is 0.407 e. The zero-order valence-corrected chi connectivity index (χ0v) is 8.95. The molecule has 4 saturated heterocycles. The van der Waals surface area contributed by atoms with Crippen molar-refractivity contribution in [2.24, 2.45) is 11.8 Å². The summed E-state index contributed by atoms with van der Waals surface area (Å²) in [5.74, 6) is 1.67. The van der Waals surface area contributed by atoms with Crippen LogP contribution in [0.1, 0.15) is 19.3 Å². The van der Waals surface area contributed by atoms with Crippen molar-refractivity contribution in [3.8, 4) is 0 Å². The van der Waals surface area contributed by atoms with E-state index in [4.69, 9.17) is 4.74 Å². The molecule has 0 spiro atoms. The number of cyclic esters (lactones) is 1. The summed E-state index contributed by atoms with van der Waals surface area (Å²) < 4.78 is 4.92. The van der Waals surface area contributed by atoms with Gasteiger partial charge in [-0.3, -0.25) is 0 Å². The number of rotatable bonds is 2. The molecule has 15 heavy (non-hydrogen) atoms. The normalized spacial score (nSPS) is 43.9. The second-order valence-corrected chi connectivity index (χ2v) is 5.07. The van der Waals surface area contributed by atoms with E-state index in [2.05, 4.69) is 10.2 Å². The van der Waals surface area contributed by atoms with Crippen LogP contribution in [0, 0.1) is 11.8 Å². The number of hydrogen-bond donors (Lipinski definition) is 1. The third-order valence-corrected chi connectivity index (χ3v) is 4.12. The highest BCUT2D eigenvalue weighted by Crippen LogP contribution is 2.35. The van der Waals surface area contributed by atoms with E-state index in [1.54, 1.807) is 0 Å². The van der Waals surface area contributed by atoms with Crippen LogP contribution in [0.15, 0.2) is 0 Å². The van der Waals surface area contributed by atoms with Gasteiger partial charge < -0.3 is 15.0 Å². The van der Waals surface area contributed by atoms with Gasteiger partial charge in [0.05, 0.1) is 6.04 Å². The van der Waals surface area contributed by atoms with Crippen LogP contribution >= 0.6 is 0 Å². The van der Waals surface area contributed by atoms with Crippen LogP contribution in [0.25, 0.3) is 0 Å². The fourth-order valence-corrected chi connectivity index (χ4v) is 3.27. The lowest BCUT2D eigenvalue weighted by atomic mass is 9.76. The lowest BCUT2D eigenvalue weighted by Crippen LogP contribution is -2.49. The van der Waals surface area contributed by atoms with E-state index >= 15 is 0 Å². The lowest BCUT2D eigenvalue weighted by Gasteiger charge is -2.45. The first kappa shape index (κ1) is 9.46. The number of ether oxygens (including phenoxy) is 1. The number of nitrogens with one attached hydrogen (secondary N) is 1. The molecule has 4 rings (SSSR count). The molecule has 4 aliphatic rings. The summed E-state index contributed by atoms with van der Waals surface area (Å²) >= 11 is 0. The number of amides is 1. The quantitative estimate of drug-likeness (QED) is 0.734. The van der Waals surface area contributed by atoms with Gasteiger partial charge >= 0.3 is 6.09 Å². The number of alkyl carbamates (subject to hydrolysis) is 1. The molecule has 4 heterocycles. The van der Waals surface area contributed by atoms with Gasteiger partial charge in [0.2, 0.25) is 0 Å². The molecule has 0 aromatic rings. The summed E-state index contributed by atoms with van der Waals surface area (Å²) in [6.45, 7) is 4.38. The molecule has 0 saturated carbocycles. The topological polar surface area (TPSA) is 41.6 Å². The monoisotopic (exact) mass is 210 g/mol. The molecule has 2 bridgehead atoms. The molecule has 1 amide bonds. The molecule has 0 aromatic carbocycles. The molecule has 0 aromatic heterocycles. The zero-order chi connectivity index (χ0) is 10.3. The molecule has 2 atom stereocenters. The predicted molar refractivity (Wildman–Crippen MR) is 55.5 cm³/mol. The zero-order valence-electron chi connectivity index (χ0n) is 8.95. The number of carbonyl (C=O) groups excluding carboxylic acids is 1. The van der Waals surface area contributed by atoms with Crippen molar-refractivity contribution in [2.45, 2.75) is 25.3 Å². The molecule has 2 unspecified atom stereocenters. The van der Waals surface area contributed by atoms with E-state index in [0.717, 1.165) is 18.3 Å². The van der Waals surface area contributed by atoms with Gasteiger partial charge in [0.15, 0.2) is 0 Å². The van der Waals surface area contributed by atoms with Gasteiger partial charge in [0.1, 0.15) is 6.61 Å². The largest absolute Gasteiger partial charge is 0.447 e. The fourth-order valence-electron chi connectivity index (χ4n) is 3.27. The number of hydrogen-bond acceptors (Lipinski definition) is 3. The summed E-state index contributed by atoms with van der Waals surface area (Å²) in [7, 11) is 0. The maximum atomic E-state index is 10.9. The van der Waals surface area contributed by atoms with Crippen LogP contribution in [0.4, 0.5) is 4.79 Å². The Balaban J connectivity index is 1.57. The van der Waals surface area contributed by atoms with Crippen LogP contribution < -0.4 is 5.32 Å². The molecule has 4 fully saturated rings.